The van der Waals surface area contributed by atoms with Crippen LogP contribution in [0, 0.1) is 12.8 Å². The molecule has 0 radical (unpaired) electrons. The van der Waals surface area contributed by atoms with E-state index in [1.807, 2.05) is 37.3 Å². The van der Waals surface area contributed by atoms with Gasteiger partial charge in [0.15, 0.2) is 18.3 Å². The zero-order valence-corrected chi connectivity index (χ0v) is 25.6. The number of ether oxygens (including phenoxy) is 6. The maximum atomic E-state index is 12.6. The third-order valence-electron chi connectivity index (χ3n) is 6.83. The molecule has 0 amide bonds. The molecule has 12 heteroatoms. The predicted molar refractivity (Wildman–Crippen MR) is 153 cm³/mol. The molecular formula is C30H32BrNO10. The minimum atomic E-state index is -1.38. The number of aromatic nitrogens is 1. The van der Waals surface area contributed by atoms with Gasteiger partial charge >= 0.3 is 17.9 Å². The molecule has 0 bridgehead atoms. The number of benzene rings is 2. The molecule has 0 unspecified atom stereocenters. The number of carbonyl (C=O) groups is 4. The summed E-state index contributed by atoms with van der Waals surface area (Å²) in [6.45, 7) is 7.66. The SMILES string of the molecule is COC(=O)[C@H]1O[C@@H](Oc2ccc(COc3cn(C(C)=O)c4ccc(Br)cc34)cc2C)[C@H](C)[C@@H](OC(C)=O)[C@@H]1OC(C)=O. The fourth-order valence-electron chi connectivity index (χ4n) is 4.87. The number of rotatable bonds is 8. The number of methoxy groups -OCH3 is 1. The lowest BCUT2D eigenvalue weighted by Crippen LogP contribution is -2.60. The van der Waals surface area contributed by atoms with Crippen LogP contribution >= 0.6 is 15.9 Å². The highest BCUT2D eigenvalue weighted by atomic mass is 79.9. The van der Waals surface area contributed by atoms with Crippen LogP contribution in [0.3, 0.4) is 0 Å². The molecule has 5 atom stereocenters. The summed E-state index contributed by atoms with van der Waals surface area (Å²) in [6.07, 6.45) is -2.99. The standard InChI is InChI=1S/C30H32BrNO10/c1-15-11-20(14-38-25-13-32(17(3)33)23-9-8-21(31)12-22(23)25)7-10-24(15)41-30-16(2)26(39-18(4)34)27(40-19(5)35)28(42-30)29(36)37-6/h7-13,16,26-28,30H,14H2,1-6H3/t16-,26-,27+,28+,30-/m1/s1. The molecule has 2 aromatic carbocycles. The van der Waals surface area contributed by atoms with Crippen molar-refractivity contribution in [3.8, 4) is 11.5 Å². The van der Waals surface area contributed by atoms with Crippen LogP contribution in [0.4, 0.5) is 0 Å². The van der Waals surface area contributed by atoms with E-state index in [1.54, 1.807) is 23.8 Å². The molecule has 0 saturated carbocycles. The molecule has 3 aromatic rings. The maximum Gasteiger partial charge on any atom is 0.339 e. The molecule has 0 N–H and O–H groups in total. The van der Waals surface area contributed by atoms with Crippen molar-refractivity contribution < 1.29 is 47.6 Å². The Labute approximate surface area is 251 Å². The molecule has 224 valence electrons. The second kappa shape index (κ2) is 13.0. The predicted octanol–water partition coefficient (Wildman–Crippen LogP) is 4.73. The lowest BCUT2D eigenvalue weighted by Gasteiger charge is -2.42. The van der Waals surface area contributed by atoms with Crippen molar-refractivity contribution in [3.63, 3.8) is 0 Å². The Hall–Kier alpha value is -3.90. The highest BCUT2D eigenvalue weighted by molar-refractivity contribution is 9.10. The molecule has 1 fully saturated rings. The molecule has 4 rings (SSSR count). The summed E-state index contributed by atoms with van der Waals surface area (Å²) >= 11 is 3.47. The monoisotopic (exact) mass is 645 g/mol. The first-order valence-electron chi connectivity index (χ1n) is 13.2. The zero-order chi connectivity index (χ0) is 30.7. The first-order valence-corrected chi connectivity index (χ1v) is 14.0. The largest absolute Gasteiger partial charge is 0.487 e. The normalized spacial score (nSPS) is 21.8. The Morgan fingerprint density at radius 2 is 1.64 bits per heavy atom. The number of aryl methyl sites for hydroxylation is 1. The Balaban J connectivity index is 1.53. The van der Waals surface area contributed by atoms with Gasteiger partial charge in [0.25, 0.3) is 0 Å². The zero-order valence-electron chi connectivity index (χ0n) is 24.0. The van der Waals surface area contributed by atoms with E-state index in [0.717, 1.165) is 26.5 Å². The first kappa shape index (κ1) is 31.0. The van der Waals surface area contributed by atoms with Crippen LogP contribution in [0.15, 0.2) is 47.1 Å². The Morgan fingerprint density at radius 1 is 0.952 bits per heavy atom. The lowest BCUT2D eigenvalue weighted by molar-refractivity contribution is -0.261. The van der Waals surface area contributed by atoms with Crippen molar-refractivity contribution in [1.82, 2.24) is 4.57 Å². The minimum absolute atomic E-state index is 0.127. The molecule has 1 aliphatic heterocycles. The van der Waals surface area contributed by atoms with Gasteiger partial charge < -0.3 is 28.4 Å². The number of hydrogen-bond donors (Lipinski definition) is 0. The summed E-state index contributed by atoms with van der Waals surface area (Å²) in [5.74, 6) is -1.82. The van der Waals surface area contributed by atoms with Crippen LogP contribution < -0.4 is 9.47 Å². The number of halogens is 1. The molecule has 1 aliphatic rings. The summed E-state index contributed by atoms with van der Waals surface area (Å²) < 4.78 is 36.2. The van der Waals surface area contributed by atoms with Gasteiger partial charge in [-0.15, -0.1) is 0 Å². The Morgan fingerprint density at radius 3 is 2.26 bits per heavy atom. The van der Waals surface area contributed by atoms with Crippen molar-refractivity contribution in [1.29, 1.82) is 0 Å². The van der Waals surface area contributed by atoms with Crippen LogP contribution in [0.25, 0.3) is 10.9 Å². The van der Waals surface area contributed by atoms with E-state index < -0.39 is 48.4 Å². The average molecular weight is 646 g/mol. The van der Waals surface area contributed by atoms with Crippen molar-refractivity contribution in [3.05, 3.63) is 58.2 Å². The summed E-state index contributed by atoms with van der Waals surface area (Å²) in [6, 6.07) is 11.1. The summed E-state index contributed by atoms with van der Waals surface area (Å²) in [7, 11) is 1.17. The summed E-state index contributed by atoms with van der Waals surface area (Å²) in [5, 5.41) is 0.800. The van der Waals surface area contributed by atoms with Crippen molar-refractivity contribution in [2.45, 2.75) is 65.8 Å². The molecule has 0 spiro atoms. The van der Waals surface area contributed by atoms with Crippen LogP contribution in [-0.2, 0) is 39.9 Å². The van der Waals surface area contributed by atoms with Crippen LogP contribution in [0.2, 0.25) is 0 Å². The molecule has 1 saturated heterocycles. The maximum absolute atomic E-state index is 12.6. The van der Waals surface area contributed by atoms with Crippen LogP contribution in [0.5, 0.6) is 11.5 Å². The van der Waals surface area contributed by atoms with Crippen LogP contribution in [0.1, 0.15) is 43.6 Å². The van der Waals surface area contributed by atoms with Crippen molar-refractivity contribution in [2.24, 2.45) is 5.92 Å². The number of fused-ring (bicyclic) bond motifs is 1. The van der Waals surface area contributed by atoms with Crippen molar-refractivity contribution >= 4 is 50.6 Å². The van der Waals surface area contributed by atoms with E-state index in [-0.39, 0.29) is 12.5 Å². The van der Waals surface area contributed by atoms with E-state index in [2.05, 4.69) is 15.9 Å². The van der Waals surface area contributed by atoms with E-state index in [9.17, 15) is 19.2 Å². The van der Waals surface area contributed by atoms with E-state index >= 15 is 0 Å². The smallest absolute Gasteiger partial charge is 0.339 e. The average Bonchev–Trinajstić information content (AvgIpc) is 3.29. The highest BCUT2D eigenvalue weighted by Crippen LogP contribution is 2.35. The number of esters is 3. The van der Waals surface area contributed by atoms with Gasteiger partial charge in [-0.3, -0.25) is 19.0 Å². The molecule has 2 heterocycles. The van der Waals surface area contributed by atoms with Gasteiger partial charge in [0.1, 0.15) is 18.1 Å². The van der Waals surface area contributed by atoms with E-state index in [0.29, 0.717) is 11.5 Å². The molecular weight excluding hydrogens is 614 g/mol. The molecule has 42 heavy (non-hydrogen) atoms. The lowest BCUT2D eigenvalue weighted by atomic mass is 9.91. The van der Waals surface area contributed by atoms with E-state index in [4.69, 9.17) is 28.4 Å². The van der Waals surface area contributed by atoms with Crippen LogP contribution in [-0.4, -0.2) is 60.1 Å². The van der Waals surface area contributed by atoms with Gasteiger partial charge in [-0.25, -0.2) is 4.79 Å². The van der Waals surface area contributed by atoms with Gasteiger partial charge in [0, 0.05) is 30.6 Å². The minimum Gasteiger partial charge on any atom is -0.487 e. The molecule has 1 aromatic heterocycles. The third-order valence-corrected chi connectivity index (χ3v) is 7.33. The first-order chi connectivity index (χ1) is 19.9. The van der Waals surface area contributed by atoms with Gasteiger partial charge in [-0.1, -0.05) is 28.9 Å². The topological polar surface area (TPSA) is 129 Å². The number of nitrogens with zero attached hydrogens (tertiary/aromatic N) is 1. The molecule has 11 nitrogen and oxygen atoms in total. The van der Waals surface area contributed by atoms with Gasteiger partial charge in [0.05, 0.1) is 24.7 Å². The Bertz CT molecular complexity index is 1520. The summed E-state index contributed by atoms with van der Waals surface area (Å²) in [4.78, 5) is 48.3. The third kappa shape index (κ3) is 6.76. The Kier molecular flexibility index (Phi) is 9.57. The van der Waals surface area contributed by atoms with E-state index in [1.165, 1.54) is 27.9 Å². The quantitative estimate of drug-likeness (QED) is 0.250. The fraction of sp³-hybridized carbons (Fsp3) is 0.400. The second-order valence-corrected chi connectivity index (χ2v) is 10.9. The summed E-state index contributed by atoms with van der Waals surface area (Å²) in [5.41, 5.74) is 2.34. The van der Waals surface area contributed by atoms with Gasteiger partial charge in [-0.2, -0.15) is 0 Å². The van der Waals surface area contributed by atoms with Gasteiger partial charge in [-0.05, 0) is 48.4 Å². The number of carbonyl (C=O) groups excluding carboxylic acids is 4. The fourth-order valence-corrected chi connectivity index (χ4v) is 5.23. The van der Waals surface area contributed by atoms with Gasteiger partial charge in [0.2, 0.25) is 12.2 Å². The van der Waals surface area contributed by atoms with Crippen molar-refractivity contribution in [2.75, 3.05) is 7.11 Å². The highest BCUT2D eigenvalue weighted by Gasteiger charge is 2.52. The molecule has 0 aliphatic carbocycles. The number of hydrogen-bond acceptors (Lipinski definition) is 10. The second-order valence-electron chi connectivity index (χ2n) is 10.0.